The third kappa shape index (κ3) is 6.66. The Morgan fingerprint density at radius 1 is 1.27 bits per heavy atom. The van der Waals surface area contributed by atoms with E-state index in [0.29, 0.717) is 37.7 Å². The van der Waals surface area contributed by atoms with Gasteiger partial charge in [0.2, 0.25) is 5.88 Å². The first-order valence-corrected chi connectivity index (χ1v) is 8.57. The van der Waals surface area contributed by atoms with Crippen LogP contribution in [0.2, 0.25) is 0 Å². The van der Waals surface area contributed by atoms with Crippen LogP contribution in [0.25, 0.3) is 6.08 Å². The molecule has 0 spiro atoms. The molecular weight excluding hydrogens is 332 g/mol. The van der Waals surface area contributed by atoms with Gasteiger partial charge in [-0.3, -0.25) is 0 Å². The van der Waals surface area contributed by atoms with E-state index in [-0.39, 0.29) is 0 Å². The summed E-state index contributed by atoms with van der Waals surface area (Å²) in [4.78, 5) is 15.6. The Hall–Kier alpha value is -2.70. The Bertz CT molecular complexity index is 704. The van der Waals surface area contributed by atoms with Crippen LogP contribution in [0.4, 0.5) is 0 Å². The molecule has 0 radical (unpaired) electrons. The smallest absolute Gasteiger partial charge is 0.330 e. The highest BCUT2D eigenvalue weighted by Gasteiger charge is 2.06. The maximum absolute atomic E-state index is 11.4. The zero-order chi connectivity index (χ0) is 18.6. The second-order valence-corrected chi connectivity index (χ2v) is 5.46. The van der Waals surface area contributed by atoms with E-state index in [0.717, 1.165) is 5.56 Å². The predicted molar refractivity (Wildman–Crippen MR) is 99.7 cm³/mol. The van der Waals surface area contributed by atoms with Gasteiger partial charge in [-0.05, 0) is 30.7 Å². The normalized spacial score (nSPS) is 12.1. The number of pyridine rings is 1. The number of hydrogen-bond donors (Lipinski definition) is 2. The number of aromatic nitrogens is 1. The van der Waals surface area contributed by atoms with Crippen molar-refractivity contribution in [3.05, 3.63) is 65.9 Å². The summed E-state index contributed by atoms with van der Waals surface area (Å²) >= 11 is 0. The summed E-state index contributed by atoms with van der Waals surface area (Å²) in [7, 11) is 0. The zero-order valence-corrected chi connectivity index (χ0v) is 14.8. The molecule has 0 aliphatic rings. The van der Waals surface area contributed by atoms with Crippen LogP contribution in [0, 0.1) is 0 Å². The second kappa shape index (κ2) is 11.0. The molecule has 0 amide bonds. The van der Waals surface area contributed by atoms with Crippen molar-refractivity contribution in [1.29, 1.82) is 0 Å². The SMILES string of the molecule is CCOC(=O)/C=C/c1cccnc1OCCNCC(O)c1ccccc1. The fourth-order valence-electron chi connectivity index (χ4n) is 2.25. The summed E-state index contributed by atoms with van der Waals surface area (Å²) in [6, 6.07) is 13.1. The standard InChI is InChI=1S/C20H24N2O4/c1-2-25-19(24)11-10-17-9-6-12-22-20(17)26-14-13-21-15-18(23)16-7-4-3-5-8-16/h3-12,18,21,23H,2,13-15H2,1H3/b11-10+. The Labute approximate surface area is 153 Å². The van der Waals surface area contributed by atoms with Crippen LogP contribution < -0.4 is 10.1 Å². The van der Waals surface area contributed by atoms with Crippen molar-refractivity contribution in [3.8, 4) is 5.88 Å². The van der Waals surface area contributed by atoms with Gasteiger partial charge in [-0.1, -0.05) is 30.3 Å². The van der Waals surface area contributed by atoms with E-state index in [1.165, 1.54) is 6.08 Å². The minimum atomic E-state index is -0.561. The Balaban J connectivity index is 1.76. The summed E-state index contributed by atoms with van der Waals surface area (Å²) in [5.41, 5.74) is 1.57. The van der Waals surface area contributed by atoms with Crippen molar-refractivity contribution in [2.24, 2.45) is 0 Å². The van der Waals surface area contributed by atoms with E-state index >= 15 is 0 Å². The molecule has 0 bridgehead atoms. The van der Waals surface area contributed by atoms with E-state index in [4.69, 9.17) is 9.47 Å². The van der Waals surface area contributed by atoms with Gasteiger partial charge in [-0.15, -0.1) is 0 Å². The highest BCUT2D eigenvalue weighted by Crippen LogP contribution is 2.16. The summed E-state index contributed by atoms with van der Waals surface area (Å²) in [6.45, 7) is 3.47. The first-order valence-electron chi connectivity index (χ1n) is 8.57. The van der Waals surface area contributed by atoms with Gasteiger partial charge in [0.25, 0.3) is 0 Å². The molecule has 1 unspecified atom stereocenters. The lowest BCUT2D eigenvalue weighted by atomic mass is 10.1. The summed E-state index contributed by atoms with van der Waals surface area (Å²) in [5.74, 6) is 0.0392. The first-order chi connectivity index (χ1) is 12.7. The Morgan fingerprint density at radius 3 is 2.85 bits per heavy atom. The van der Waals surface area contributed by atoms with Crippen molar-refractivity contribution < 1.29 is 19.4 Å². The van der Waals surface area contributed by atoms with Crippen molar-refractivity contribution in [3.63, 3.8) is 0 Å². The van der Waals surface area contributed by atoms with Gasteiger partial charge in [0, 0.05) is 30.9 Å². The molecule has 1 aromatic carbocycles. The van der Waals surface area contributed by atoms with E-state index < -0.39 is 12.1 Å². The van der Waals surface area contributed by atoms with Crippen LogP contribution in [0.15, 0.2) is 54.7 Å². The summed E-state index contributed by atoms with van der Waals surface area (Å²) < 4.78 is 10.5. The summed E-state index contributed by atoms with van der Waals surface area (Å²) in [5, 5.41) is 13.2. The maximum atomic E-state index is 11.4. The van der Waals surface area contributed by atoms with Crippen LogP contribution in [0.5, 0.6) is 5.88 Å². The monoisotopic (exact) mass is 356 g/mol. The van der Waals surface area contributed by atoms with Gasteiger partial charge >= 0.3 is 5.97 Å². The fourth-order valence-corrected chi connectivity index (χ4v) is 2.25. The maximum Gasteiger partial charge on any atom is 0.330 e. The third-order valence-corrected chi connectivity index (χ3v) is 3.53. The molecule has 1 atom stereocenters. The molecule has 6 heteroatoms. The number of benzene rings is 1. The number of rotatable bonds is 10. The minimum absolute atomic E-state index is 0.333. The molecule has 0 saturated heterocycles. The molecular formula is C20H24N2O4. The molecule has 0 aliphatic carbocycles. The minimum Gasteiger partial charge on any atom is -0.476 e. The largest absolute Gasteiger partial charge is 0.476 e. The van der Waals surface area contributed by atoms with E-state index in [1.807, 2.05) is 36.4 Å². The highest BCUT2D eigenvalue weighted by atomic mass is 16.5. The van der Waals surface area contributed by atoms with Gasteiger partial charge in [0.15, 0.2) is 0 Å². The molecule has 2 aromatic rings. The zero-order valence-electron chi connectivity index (χ0n) is 14.8. The topological polar surface area (TPSA) is 80.7 Å². The molecule has 2 N–H and O–H groups in total. The molecule has 6 nitrogen and oxygen atoms in total. The molecule has 2 rings (SSSR count). The Kier molecular flexibility index (Phi) is 8.32. The highest BCUT2D eigenvalue weighted by molar-refractivity contribution is 5.87. The van der Waals surface area contributed by atoms with Crippen LogP contribution in [-0.4, -0.2) is 42.4 Å². The van der Waals surface area contributed by atoms with E-state index in [1.54, 1.807) is 25.3 Å². The van der Waals surface area contributed by atoms with Gasteiger partial charge in [-0.25, -0.2) is 9.78 Å². The number of aliphatic hydroxyl groups excluding tert-OH is 1. The molecule has 0 aliphatic heterocycles. The van der Waals surface area contributed by atoms with Crippen LogP contribution in [0.1, 0.15) is 24.2 Å². The lowest BCUT2D eigenvalue weighted by molar-refractivity contribution is -0.137. The molecule has 26 heavy (non-hydrogen) atoms. The van der Waals surface area contributed by atoms with Crippen molar-refractivity contribution in [2.75, 3.05) is 26.3 Å². The molecule has 1 heterocycles. The van der Waals surface area contributed by atoms with Gasteiger partial charge < -0.3 is 19.9 Å². The van der Waals surface area contributed by atoms with Gasteiger partial charge in [0.05, 0.1) is 12.7 Å². The number of hydrogen-bond acceptors (Lipinski definition) is 6. The summed E-state index contributed by atoms with van der Waals surface area (Å²) in [6.07, 6.45) is 4.03. The van der Waals surface area contributed by atoms with Crippen LogP contribution in [-0.2, 0) is 9.53 Å². The van der Waals surface area contributed by atoms with E-state index in [9.17, 15) is 9.90 Å². The number of esters is 1. The number of nitrogens with zero attached hydrogens (tertiary/aromatic N) is 1. The average Bonchev–Trinajstić information content (AvgIpc) is 2.67. The number of carbonyl (C=O) groups excluding carboxylic acids is 1. The second-order valence-electron chi connectivity index (χ2n) is 5.46. The average molecular weight is 356 g/mol. The lowest BCUT2D eigenvalue weighted by Crippen LogP contribution is -2.26. The molecule has 1 aromatic heterocycles. The van der Waals surface area contributed by atoms with Crippen molar-refractivity contribution in [1.82, 2.24) is 10.3 Å². The van der Waals surface area contributed by atoms with Gasteiger partial charge in [-0.2, -0.15) is 0 Å². The molecule has 0 fully saturated rings. The number of carbonyl (C=O) groups is 1. The fraction of sp³-hybridized carbons (Fsp3) is 0.300. The lowest BCUT2D eigenvalue weighted by Gasteiger charge is -2.13. The quantitative estimate of drug-likeness (QED) is 0.386. The van der Waals surface area contributed by atoms with Crippen molar-refractivity contribution in [2.45, 2.75) is 13.0 Å². The number of ether oxygens (including phenoxy) is 2. The predicted octanol–water partition coefficient (Wildman–Crippen LogP) is 2.36. The van der Waals surface area contributed by atoms with Crippen LogP contribution >= 0.6 is 0 Å². The van der Waals surface area contributed by atoms with Gasteiger partial charge in [0.1, 0.15) is 6.61 Å². The molecule has 0 saturated carbocycles. The van der Waals surface area contributed by atoms with Crippen molar-refractivity contribution >= 4 is 12.0 Å². The Morgan fingerprint density at radius 2 is 2.08 bits per heavy atom. The first kappa shape index (κ1) is 19.6. The number of aliphatic hydroxyl groups is 1. The van der Waals surface area contributed by atoms with Crippen LogP contribution in [0.3, 0.4) is 0 Å². The van der Waals surface area contributed by atoms with E-state index in [2.05, 4.69) is 10.3 Å². The molecule has 138 valence electrons. The number of nitrogens with one attached hydrogen (secondary N) is 1. The third-order valence-electron chi connectivity index (χ3n) is 3.53.